The first kappa shape index (κ1) is 11.3. The highest BCUT2D eigenvalue weighted by Gasteiger charge is 2.01. The Labute approximate surface area is 97.7 Å². The molecule has 0 fully saturated rings. The highest BCUT2D eigenvalue weighted by atomic mass is 16.4. The summed E-state index contributed by atoms with van der Waals surface area (Å²) < 4.78 is 0. The average Bonchev–Trinajstić information content (AvgIpc) is 2.83. The summed E-state index contributed by atoms with van der Waals surface area (Å²) in [7, 11) is 0. The first-order valence-corrected chi connectivity index (χ1v) is 5.13. The second kappa shape index (κ2) is 5.22. The van der Waals surface area contributed by atoms with Crippen molar-refractivity contribution in [3.63, 3.8) is 0 Å². The van der Waals surface area contributed by atoms with Crippen molar-refractivity contribution in [3.05, 3.63) is 47.5 Å². The monoisotopic (exact) mass is 232 g/mol. The number of aromatic nitrogens is 3. The van der Waals surface area contributed by atoms with Crippen LogP contribution in [0.1, 0.15) is 21.7 Å². The molecule has 2 rings (SSSR count). The maximum absolute atomic E-state index is 10.6. The van der Waals surface area contributed by atoms with E-state index in [2.05, 4.69) is 20.5 Å². The van der Waals surface area contributed by atoms with Crippen molar-refractivity contribution >= 4 is 5.97 Å². The maximum Gasteiger partial charge on any atom is 0.335 e. The molecular formula is C11H12N4O2. The molecule has 17 heavy (non-hydrogen) atoms. The van der Waals surface area contributed by atoms with Crippen LogP contribution in [0.5, 0.6) is 0 Å². The van der Waals surface area contributed by atoms with Crippen molar-refractivity contribution in [1.82, 2.24) is 20.5 Å². The van der Waals surface area contributed by atoms with Crippen LogP contribution in [0.25, 0.3) is 0 Å². The van der Waals surface area contributed by atoms with Crippen LogP contribution in [0.2, 0.25) is 0 Å². The van der Waals surface area contributed by atoms with Gasteiger partial charge in [-0.05, 0) is 17.7 Å². The number of rotatable bonds is 5. The second-order valence-electron chi connectivity index (χ2n) is 3.54. The van der Waals surface area contributed by atoms with Crippen LogP contribution in [0.3, 0.4) is 0 Å². The number of hydrogen-bond donors (Lipinski definition) is 3. The van der Waals surface area contributed by atoms with Crippen LogP contribution < -0.4 is 5.32 Å². The Bertz CT molecular complexity index is 479. The largest absolute Gasteiger partial charge is 0.478 e. The van der Waals surface area contributed by atoms with Gasteiger partial charge in [0.25, 0.3) is 0 Å². The zero-order valence-corrected chi connectivity index (χ0v) is 9.05. The summed E-state index contributed by atoms with van der Waals surface area (Å²) in [5.74, 6) is -0.140. The molecule has 0 atom stereocenters. The average molecular weight is 232 g/mol. The van der Waals surface area contributed by atoms with Gasteiger partial charge in [-0.15, -0.1) is 0 Å². The molecule has 0 radical (unpaired) electrons. The number of carboxylic acids is 1. The Morgan fingerprint density at radius 1 is 1.29 bits per heavy atom. The summed E-state index contributed by atoms with van der Waals surface area (Å²) in [5, 5.41) is 18.4. The fourth-order valence-electron chi connectivity index (χ4n) is 1.41. The van der Waals surface area contributed by atoms with Crippen molar-refractivity contribution in [2.75, 3.05) is 0 Å². The predicted octanol–water partition coefficient (Wildman–Crippen LogP) is 0.793. The molecule has 88 valence electrons. The lowest BCUT2D eigenvalue weighted by atomic mass is 10.1. The summed E-state index contributed by atoms with van der Waals surface area (Å²) in [6.07, 6.45) is 1.46. The third-order valence-corrected chi connectivity index (χ3v) is 2.29. The minimum atomic E-state index is -0.911. The van der Waals surface area contributed by atoms with Gasteiger partial charge in [0.1, 0.15) is 12.2 Å². The van der Waals surface area contributed by atoms with Gasteiger partial charge < -0.3 is 10.4 Å². The normalized spacial score (nSPS) is 10.4. The lowest BCUT2D eigenvalue weighted by Gasteiger charge is -2.03. The van der Waals surface area contributed by atoms with Crippen LogP contribution in [0.15, 0.2) is 30.6 Å². The zero-order valence-electron chi connectivity index (χ0n) is 9.05. The molecular weight excluding hydrogens is 220 g/mol. The predicted molar refractivity (Wildman–Crippen MR) is 60.3 cm³/mol. The van der Waals surface area contributed by atoms with E-state index in [-0.39, 0.29) is 0 Å². The van der Waals surface area contributed by atoms with Crippen molar-refractivity contribution in [2.45, 2.75) is 13.1 Å². The number of H-pyrrole nitrogens is 1. The Morgan fingerprint density at radius 3 is 2.65 bits per heavy atom. The van der Waals surface area contributed by atoms with E-state index in [9.17, 15) is 4.79 Å². The number of nitrogens with zero attached hydrogens (tertiary/aromatic N) is 2. The third kappa shape index (κ3) is 3.12. The molecule has 0 aliphatic rings. The molecule has 6 nitrogen and oxygen atoms in total. The van der Waals surface area contributed by atoms with Crippen LogP contribution in [0.4, 0.5) is 0 Å². The fourth-order valence-corrected chi connectivity index (χ4v) is 1.41. The third-order valence-electron chi connectivity index (χ3n) is 2.29. The minimum absolute atomic E-state index is 0.295. The number of aromatic amines is 1. The van der Waals surface area contributed by atoms with Gasteiger partial charge in [-0.3, -0.25) is 5.10 Å². The van der Waals surface area contributed by atoms with E-state index in [4.69, 9.17) is 5.11 Å². The molecule has 1 heterocycles. The van der Waals surface area contributed by atoms with E-state index in [1.165, 1.54) is 6.33 Å². The van der Waals surface area contributed by atoms with E-state index in [1.807, 2.05) is 0 Å². The Hall–Kier alpha value is -2.21. The first-order chi connectivity index (χ1) is 8.25. The molecule has 0 bridgehead atoms. The molecule has 6 heteroatoms. The van der Waals surface area contributed by atoms with Gasteiger partial charge in [-0.25, -0.2) is 9.78 Å². The van der Waals surface area contributed by atoms with Crippen LogP contribution in [0, 0.1) is 0 Å². The van der Waals surface area contributed by atoms with Crippen LogP contribution in [-0.2, 0) is 13.1 Å². The molecule has 0 aliphatic carbocycles. The number of carbonyl (C=O) groups is 1. The van der Waals surface area contributed by atoms with E-state index >= 15 is 0 Å². The highest BCUT2D eigenvalue weighted by molar-refractivity contribution is 5.87. The fraction of sp³-hybridized carbons (Fsp3) is 0.182. The second-order valence-corrected chi connectivity index (χ2v) is 3.54. The highest BCUT2D eigenvalue weighted by Crippen LogP contribution is 2.04. The van der Waals surface area contributed by atoms with E-state index < -0.39 is 5.97 Å². The number of benzene rings is 1. The molecule has 1 aromatic heterocycles. The lowest BCUT2D eigenvalue weighted by Crippen LogP contribution is -2.13. The quantitative estimate of drug-likeness (QED) is 0.709. The van der Waals surface area contributed by atoms with Crippen molar-refractivity contribution in [2.24, 2.45) is 0 Å². The maximum atomic E-state index is 10.6. The number of carboxylic acid groups (broad SMARTS) is 1. The van der Waals surface area contributed by atoms with Crippen molar-refractivity contribution in [3.8, 4) is 0 Å². The van der Waals surface area contributed by atoms with Gasteiger partial charge >= 0.3 is 5.97 Å². The Balaban J connectivity index is 1.85. The first-order valence-electron chi connectivity index (χ1n) is 5.13. The summed E-state index contributed by atoms with van der Waals surface area (Å²) in [6, 6.07) is 6.76. The SMILES string of the molecule is O=C(O)c1ccc(CNCc2ncn[nH]2)cc1. The lowest BCUT2D eigenvalue weighted by molar-refractivity contribution is 0.0697. The van der Waals surface area contributed by atoms with E-state index in [1.54, 1.807) is 24.3 Å². The molecule has 0 saturated carbocycles. The Kier molecular flexibility index (Phi) is 3.46. The molecule has 0 saturated heterocycles. The molecule has 2 aromatic rings. The van der Waals surface area contributed by atoms with Gasteiger partial charge in [-0.1, -0.05) is 12.1 Å². The Morgan fingerprint density at radius 2 is 2.06 bits per heavy atom. The number of aromatic carboxylic acids is 1. The molecule has 0 spiro atoms. The number of nitrogens with one attached hydrogen (secondary N) is 2. The smallest absolute Gasteiger partial charge is 0.335 e. The van der Waals surface area contributed by atoms with Gasteiger partial charge in [-0.2, -0.15) is 5.10 Å². The van der Waals surface area contributed by atoms with Crippen molar-refractivity contribution < 1.29 is 9.90 Å². The topological polar surface area (TPSA) is 90.9 Å². The molecule has 0 unspecified atom stereocenters. The van der Waals surface area contributed by atoms with E-state index in [0.717, 1.165) is 11.4 Å². The molecule has 0 amide bonds. The minimum Gasteiger partial charge on any atom is -0.478 e. The summed E-state index contributed by atoms with van der Waals surface area (Å²) >= 11 is 0. The summed E-state index contributed by atoms with van der Waals surface area (Å²) in [6.45, 7) is 1.25. The van der Waals surface area contributed by atoms with Gasteiger partial charge in [0.05, 0.1) is 12.1 Å². The van der Waals surface area contributed by atoms with Crippen molar-refractivity contribution in [1.29, 1.82) is 0 Å². The standard InChI is InChI=1S/C11H12N4O2/c16-11(17)9-3-1-8(2-4-9)5-12-6-10-13-7-14-15-10/h1-4,7,12H,5-6H2,(H,16,17)(H,13,14,15). The molecule has 3 N–H and O–H groups in total. The molecule has 1 aromatic carbocycles. The van der Waals surface area contributed by atoms with E-state index in [0.29, 0.717) is 18.7 Å². The van der Waals surface area contributed by atoms with Crippen LogP contribution in [-0.4, -0.2) is 26.3 Å². The summed E-state index contributed by atoms with van der Waals surface area (Å²) in [4.78, 5) is 14.6. The van der Waals surface area contributed by atoms with Gasteiger partial charge in [0.15, 0.2) is 0 Å². The number of hydrogen-bond acceptors (Lipinski definition) is 4. The summed E-state index contributed by atoms with van der Waals surface area (Å²) in [5.41, 5.74) is 1.32. The van der Waals surface area contributed by atoms with Gasteiger partial charge in [0.2, 0.25) is 0 Å². The zero-order chi connectivity index (χ0) is 12.1. The molecule has 0 aliphatic heterocycles. The van der Waals surface area contributed by atoms with Gasteiger partial charge in [0, 0.05) is 6.54 Å². The van der Waals surface area contributed by atoms with Crippen LogP contribution >= 0.6 is 0 Å².